The molecule has 0 unspecified atom stereocenters. The average molecular weight is 489 g/mol. The molecule has 1 aromatic carbocycles. The van der Waals surface area contributed by atoms with Gasteiger partial charge in [-0.15, -0.1) is 23.1 Å². The molecule has 1 saturated heterocycles. The molecule has 33 heavy (non-hydrogen) atoms. The molecule has 178 valence electrons. The van der Waals surface area contributed by atoms with E-state index in [4.69, 9.17) is 4.74 Å². The smallest absolute Gasteiger partial charge is 0.126 e. The Kier molecular flexibility index (Phi) is 8.28. The fourth-order valence-corrected chi connectivity index (χ4v) is 6.63. The van der Waals surface area contributed by atoms with E-state index >= 15 is 4.39 Å². The van der Waals surface area contributed by atoms with E-state index in [1.54, 1.807) is 24.6 Å². The lowest BCUT2D eigenvalue weighted by Gasteiger charge is -2.41. The Hall–Kier alpha value is -1.67. The van der Waals surface area contributed by atoms with Gasteiger partial charge in [-0.25, -0.2) is 4.39 Å². The molecule has 1 aliphatic rings. The number of fused-ring (bicyclic) bond motifs is 1. The van der Waals surface area contributed by atoms with E-state index in [9.17, 15) is 5.11 Å². The van der Waals surface area contributed by atoms with E-state index in [1.165, 1.54) is 4.21 Å². The summed E-state index contributed by atoms with van der Waals surface area (Å²) in [7, 11) is 1.62. The summed E-state index contributed by atoms with van der Waals surface area (Å²) >= 11 is 3.70. The van der Waals surface area contributed by atoms with Gasteiger partial charge < -0.3 is 14.7 Å². The first-order chi connectivity index (χ1) is 16.0. The molecular formula is C26H33FN2O2S2. The van der Waals surface area contributed by atoms with Gasteiger partial charge in [0.2, 0.25) is 0 Å². The molecular weight excluding hydrogens is 455 g/mol. The second-order valence-electron chi connectivity index (χ2n) is 9.02. The van der Waals surface area contributed by atoms with Crippen molar-refractivity contribution in [3.63, 3.8) is 0 Å². The van der Waals surface area contributed by atoms with Gasteiger partial charge in [0.15, 0.2) is 0 Å². The monoisotopic (exact) mass is 488 g/mol. The summed E-state index contributed by atoms with van der Waals surface area (Å²) in [6, 6.07) is 9.88. The largest absolute Gasteiger partial charge is 0.497 e. The molecule has 0 spiro atoms. The quantitative estimate of drug-likeness (QED) is 0.341. The number of thioether (sulfide) groups is 1. The SMILES string of the molecule is COc1ccc2ncc(C)c([C@H](F)CCC3(CO)CCN(CCSc4cccs4)CC3)c2c1. The Labute approximate surface area is 204 Å². The van der Waals surface area contributed by atoms with Gasteiger partial charge in [0, 0.05) is 30.5 Å². The number of thiophene rings is 1. The van der Waals surface area contributed by atoms with Crippen LogP contribution in [-0.4, -0.2) is 54.1 Å². The number of halogens is 1. The Morgan fingerprint density at radius 2 is 2.12 bits per heavy atom. The fourth-order valence-electron chi connectivity index (χ4n) is 4.77. The number of benzene rings is 1. The van der Waals surface area contributed by atoms with Gasteiger partial charge in [-0.2, -0.15) is 0 Å². The normalized spacial score (nSPS) is 17.3. The van der Waals surface area contributed by atoms with Crippen molar-refractivity contribution in [2.24, 2.45) is 5.41 Å². The molecule has 0 radical (unpaired) electrons. The van der Waals surface area contributed by atoms with Crippen LogP contribution in [0.3, 0.4) is 0 Å². The van der Waals surface area contributed by atoms with Crippen molar-refractivity contribution in [3.05, 3.63) is 53.0 Å². The minimum absolute atomic E-state index is 0.126. The third-order valence-electron chi connectivity index (χ3n) is 6.96. The number of hydrogen-bond acceptors (Lipinski definition) is 6. The van der Waals surface area contributed by atoms with E-state index in [1.807, 2.05) is 36.9 Å². The third-order valence-corrected chi connectivity index (χ3v) is 9.07. The molecule has 1 atom stereocenters. The van der Waals surface area contributed by atoms with E-state index < -0.39 is 6.17 Å². The number of aliphatic hydroxyl groups is 1. The molecule has 7 heteroatoms. The summed E-state index contributed by atoms with van der Waals surface area (Å²) in [6.45, 7) is 5.04. The van der Waals surface area contributed by atoms with Crippen molar-refractivity contribution in [1.82, 2.24) is 9.88 Å². The van der Waals surface area contributed by atoms with Gasteiger partial charge in [-0.05, 0) is 91.9 Å². The predicted octanol–water partition coefficient (Wildman–Crippen LogP) is 6.27. The standard InChI is InChI=1S/C26H33FN2O2S2/c1-19-17-28-23-6-5-20(31-2)16-21(23)25(19)22(27)7-8-26(18-30)9-11-29(12-10-26)13-15-33-24-4-3-14-32-24/h3-6,14,16-17,22,30H,7-13,15,18H2,1-2H3/t22-/m1/s1. The summed E-state index contributed by atoms with van der Waals surface area (Å²) in [5.41, 5.74) is 2.16. The van der Waals surface area contributed by atoms with Crippen LogP contribution in [0.15, 0.2) is 46.1 Å². The number of aliphatic hydroxyl groups excluding tert-OH is 1. The average Bonchev–Trinajstić information content (AvgIpc) is 3.36. The number of aryl methyl sites for hydroxylation is 1. The van der Waals surface area contributed by atoms with Crippen LogP contribution < -0.4 is 4.74 Å². The molecule has 1 fully saturated rings. The number of likely N-dealkylation sites (tertiary alicyclic amines) is 1. The summed E-state index contributed by atoms with van der Waals surface area (Å²) < 4.78 is 22.4. The van der Waals surface area contributed by atoms with E-state index in [0.717, 1.165) is 54.7 Å². The molecule has 0 bridgehead atoms. The highest BCUT2D eigenvalue weighted by Gasteiger charge is 2.35. The van der Waals surface area contributed by atoms with Crippen molar-refractivity contribution in [1.29, 1.82) is 0 Å². The zero-order chi connectivity index (χ0) is 23.3. The maximum absolute atomic E-state index is 15.6. The molecule has 0 aliphatic carbocycles. The van der Waals surface area contributed by atoms with Gasteiger partial charge in [-0.1, -0.05) is 6.07 Å². The Bertz CT molecular complexity index is 1040. The number of alkyl halides is 1. The first kappa shape index (κ1) is 24.5. The lowest BCUT2D eigenvalue weighted by molar-refractivity contribution is 0.0323. The maximum atomic E-state index is 15.6. The zero-order valence-electron chi connectivity index (χ0n) is 19.4. The van der Waals surface area contributed by atoms with Crippen molar-refractivity contribution in [2.75, 3.05) is 39.1 Å². The topological polar surface area (TPSA) is 45.6 Å². The Morgan fingerprint density at radius 3 is 2.82 bits per heavy atom. The molecule has 3 heterocycles. The number of ether oxygens (including phenoxy) is 1. The third kappa shape index (κ3) is 5.88. The van der Waals surface area contributed by atoms with Crippen LogP contribution in [0, 0.1) is 12.3 Å². The van der Waals surface area contributed by atoms with Crippen LogP contribution in [-0.2, 0) is 0 Å². The highest BCUT2D eigenvalue weighted by Crippen LogP contribution is 2.41. The minimum Gasteiger partial charge on any atom is -0.497 e. The highest BCUT2D eigenvalue weighted by atomic mass is 32.2. The highest BCUT2D eigenvalue weighted by molar-refractivity contribution is 8.01. The van der Waals surface area contributed by atoms with E-state index in [-0.39, 0.29) is 12.0 Å². The van der Waals surface area contributed by atoms with Gasteiger partial charge in [0.1, 0.15) is 11.9 Å². The van der Waals surface area contributed by atoms with Gasteiger partial charge in [-0.3, -0.25) is 4.98 Å². The molecule has 0 amide bonds. The van der Waals surface area contributed by atoms with Gasteiger partial charge in [0.25, 0.3) is 0 Å². The van der Waals surface area contributed by atoms with Crippen LogP contribution in [0.25, 0.3) is 10.9 Å². The van der Waals surface area contributed by atoms with E-state index in [0.29, 0.717) is 24.2 Å². The number of hydrogen-bond donors (Lipinski definition) is 1. The molecule has 4 rings (SSSR count). The lowest BCUT2D eigenvalue weighted by atomic mass is 9.74. The van der Waals surface area contributed by atoms with Crippen LogP contribution in [0.5, 0.6) is 5.75 Å². The summed E-state index contributed by atoms with van der Waals surface area (Å²) in [5.74, 6) is 1.79. The van der Waals surface area contributed by atoms with Crippen LogP contribution in [0.4, 0.5) is 4.39 Å². The summed E-state index contributed by atoms with van der Waals surface area (Å²) in [5, 5.41) is 13.2. The first-order valence-corrected chi connectivity index (χ1v) is 13.5. The van der Waals surface area contributed by atoms with Crippen molar-refractivity contribution in [3.8, 4) is 5.75 Å². The van der Waals surface area contributed by atoms with Gasteiger partial charge >= 0.3 is 0 Å². The number of rotatable bonds is 10. The number of piperidine rings is 1. The number of pyridine rings is 1. The fraction of sp³-hybridized carbons (Fsp3) is 0.500. The number of aromatic nitrogens is 1. The zero-order valence-corrected chi connectivity index (χ0v) is 21.1. The summed E-state index contributed by atoms with van der Waals surface area (Å²) in [6.07, 6.45) is 3.60. The number of nitrogens with zero attached hydrogens (tertiary/aromatic N) is 2. The minimum atomic E-state index is -1.09. The maximum Gasteiger partial charge on any atom is 0.126 e. The van der Waals surface area contributed by atoms with E-state index in [2.05, 4.69) is 27.4 Å². The van der Waals surface area contributed by atoms with Crippen molar-refractivity contribution >= 4 is 34.0 Å². The Balaban J connectivity index is 1.35. The molecule has 3 aromatic rings. The Morgan fingerprint density at radius 1 is 1.30 bits per heavy atom. The van der Waals surface area contributed by atoms with Crippen molar-refractivity contribution in [2.45, 2.75) is 43.0 Å². The first-order valence-electron chi connectivity index (χ1n) is 11.6. The molecule has 2 aromatic heterocycles. The molecule has 0 saturated carbocycles. The van der Waals surface area contributed by atoms with Crippen LogP contribution in [0.1, 0.15) is 43.0 Å². The van der Waals surface area contributed by atoms with Gasteiger partial charge in [0.05, 0.1) is 16.8 Å². The molecule has 4 nitrogen and oxygen atoms in total. The second kappa shape index (κ2) is 11.2. The number of methoxy groups -OCH3 is 1. The molecule has 1 aliphatic heterocycles. The van der Waals surface area contributed by atoms with Crippen LogP contribution in [0.2, 0.25) is 0 Å². The molecule has 1 N–H and O–H groups in total. The predicted molar refractivity (Wildman–Crippen MR) is 136 cm³/mol. The summed E-state index contributed by atoms with van der Waals surface area (Å²) in [4.78, 5) is 6.94. The van der Waals surface area contributed by atoms with Crippen molar-refractivity contribution < 1.29 is 14.2 Å². The lowest BCUT2D eigenvalue weighted by Crippen LogP contribution is -2.42. The van der Waals surface area contributed by atoms with Crippen LogP contribution >= 0.6 is 23.1 Å². The second-order valence-corrected chi connectivity index (χ2v) is 11.4.